The van der Waals surface area contributed by atoms with E-state index in [1.165, 1.54) is 6.33 Å². The number of fused-ring (bicyclic) bond motifs is 1. The van der Waals surface area contributed by atoms with E-state index in [1.807, 2.05) is 0 Å². The minimum absolute atomic E-state index is 0.0349. The molecule has 1 saturated heterocycles. The second kappa shape index (κ2) is 9.82. The van der Waals surface area contributed by atoms with Gasteiger partial charge in [0.15, 0.2) is 11.5 Å². The van der Waals surface area contributed by atoms with Crippen molar-refractivity contribution in [3.63, 3.8) is 0 Å². The number of imidazole rings is 1. The standard InChI is InChI=1S/C25H21F4N7O3/c1-2-19(37)34-9-13(7-14(34)10-39-25(28)29)36-23(30)20(24(31)38)17(33-36)6-5-15-16(26)8-18-22(21(15)27)32-11-35(18)12-3-4-12/h2,8,10-13,25H,1,3-4,7,9,30H2,(H2,31,38)/b14-10+/t13-/m0/s1. The summed E-state index contributed by atoms with van der Waals surface area (Å²) in [5.74, 6) is 1.13. The Balaban J connectivity index is 1.52. The van der Waals surface area contributed by atoms with Crippen molar-refractivity contribution < 1.29 is 31.9 Å². The van der Waals surface area contributed by atoms with Crippen molar-refractivity contribution in [2.75, 3.05) is 12.3 Å². The van der Waals surface area contributed by atoms with Crippen LogP contribution in [-0.4, -0.2) is 49.2 Å². The van der Waals surface area contributed by atoms with Gasteiger partial charge in [-0.25, -0.2) is 18.4 Å². The van der Waals surface area contributed by atoms with Gasteiger partial charge in [-0.3, -0.25) is 9.59 Å². The van der Waals surface area contributed by atoms with E-state index in [9.17, 15) is 22.8 Å². The number of nitrogen functional groups attached to an aromatic ring is 1. The van der Waals surface area contributed by atoms with Crippen molar-refractivity contribution in [1.82, 2.24) is 24.2 Å². The average Bonchev–Trinajstić information content (AvgIpc) is 3.35. The molecule has 39 heavy (non-hydrogen) atoms. The average molecular weight is 543 g/mol. The van der Waals surface area contributed by atoms with Crippen molar-refractivity contribution in [2.45, 2.75) is 38.0 Å². The number of likely N-dealkylation sites (tertiary alicyclic amines) is 1. The molecule has 5 rings (SSSR count). The summed E-state index contributed by atoms with van der Waals surface area (Å²) in [6.45, 7) is 0.197. The fourth-order valence-corrected chi connectivity index (χ4v) is 4.53. The van der Waals surface area contributed by atoms with Gasteiger partial charge in [-0.15, -0.1) is 0 Å². The monoisotopic (exact) mass is 543 g/mol. The van der Waals surface area contributed by atoms with E-state index in [2.05, 4.69) is 33.2 Å². The van der Waals surface area contributed by atoms with Gasteiger partial charge in [0.1, 0.15) is 29.0 Å². The van der Waals surface area contributed by atoms with E-state index in [1.54, 1.807) is 4.57 Å². The number of primary amides is 1. The number of rotatable bonds is 6. The first kappa shape index (κ1) is 25.8. The van der Waals surface area contributed by atoms with Crippen LogP contribution in [0, 0.1) is 23.5 Å². The van der Waals surface area contributed by atoms with Crippen molar-refractivity contribution in [1.29, 1.82) is 0 Å². The number of hydrogen-bond donors (Lipinski definition) is 2. The maximum Gasteiger partial charge on any atom is 0.387 e. The van der Waals surface area contributed by atoms with Gasteiger partial charge in [-0.1, -0.05) is 12.5 Å². The Kier molecular flexibility index (Phi) is 6.51. The molecule has 2 amide bonds. The Hall–Kier alpha value is -4.80. The first-order valence-corrected chi connectivity index (χ1v) is 11.7. The number of hydrogen-bond acceptors (Lipinski definition) is 6. The van der Waals surface area contributed by atoms with Crippen LogP contribution >= 0.6 is 0 Å². The van der Waals surface area contributed by atoms with Gasteiger partial charge < -0.3 is 25.7 Å². The lowest BCUT2D eigenvalue weighted by Gasteiger charge is -2.16. The molecule has 1 atom stereocenters. The molecule has 2 fully saturated rings. The third kappa shape index (κ3) is 4.67. The SMILES string of the molecule is C=CC(=O)N1C[C@@H](n2nc(C#Cc3c(F)cc4c(ncn4C4CC4)c3F)c(C(N)=O)c2N)C/C1=C\OC(F)F. The van der Waals surface area contributed by atoms with Crippen LogP contribution in [-0.2, 0) is 9.53 Å². The largest absolute Gasteiger partial charge is 0.441 e. The third-order valence-electron chi connectivity index (χ3n) is 6.48. The number of allylic oxidation sites excluding steroid dienone is 1. The van der Waals surface area contributed by atoms with Crippen molar-refractivity contribution in [3.8, 4) is 11.8 Å². The van der Waals surface area contributed by atoms with E-state index in [0.29, 0.717) is 5.52 Å². The molecule has 0 radical (unpaired) electrons. The Morgan fingerprint density at radius 1 is 1.23 bits per heavy atom. The number of amides is 2. The molecule has 2 aromatic heterocycles. The minimum Gasteiger partial charge on any atom is -0.441 e. The number of alkyl halides is 2. The van der Waals surface area contributed by atoms with Crippen molar-refractivity contribution in [3.05, 3.63) is 65.5 Å². The third-order valence-corrected chi connectivity index (χ3v) is 6.48. The zero-order chi connectivity index (χ0) is 28.0. The first-order valence-electron chi connectivity index (χ1n) is 11.7. The Labute approximate surface area is 218 Å². The molecule has 3 heterocycles. The maximum absolute atomic E-state index is 15.2. The molecule has 14 heteroatoms. The van der Waals surface area contributed by atoms with Crippen LogP contribution in [0.4, 0.5) is 23.4 Å². The molecule has 1 aliphatic carbocycles. The number of carbonyl (C=O) groups is 2. The van der Waals surface area contributed by atoms with Gasteiger partial charge in [0.2, 0.25) is 5.91 Å². The molecule has 1 saturated carbocycles. The van der Waals surface area contributed by atoms with Crippen LogP contribution in [0.1, 0.15) is 53.0 Å². The molecule has 202 valence electrons. The fourth-order valence-electron chi connectivity index (χ4n) is 4.53. The summed E-state index contributed by atoms with van der Waals surface area (Å²) >= 11 is 0. The van der Waals surface area contributed by atoms with E-state index in [-0.39, 0.29) is 47.3 Å². The summed E-state index contributed by atoms with van der Waals surface area (Å²) in [7, 11) is 0. The molecule has 0 spiro atoms. The minimum atomic E-state index is -3.11. The molecular weight excluding hydrogens is 522 g/mol. The van der Waals surface area contributed by atoms with Gasteiger partial charge in [0.05, 0.1) is 29.1 Å². The lowest BCUT2D eigenvalue weighted by Crippen LogP contribution is -2.27. The normalized spacial score (nSPS) is 18.0. The second-order valence-electron chi connectivity index (χ2n) is 8.98. The molecule has 10 nitrogen and oxygen atoms in total. The molecule has 1 aliphatic heterocycles. The highest BCUT2D eigenvalue weighted by Gasteiger charge is 2.35. The van der Waals surface area contributed by atoms with Crippen LogP contribution in [0.2, 0.25) is 0 Å². The topological polar surface area (TPSA) is 134 Å². The van der Waals surface area contributed by atoms with Crippen molar-refractivity contribution >= 4 is 28.7 Å². The second-order valence-corrected chi connectivity index (χ2v) is 8.98. The highest BCUT2D eigenvalue weighted by Crippen LogP contribution is 2.38. The highest BCUT2D eigenvalue weighted by atomic mass is 19.3. The van der Waals surface area contributed by atoms with Gasteiger partial charge in [-0.2, -0.15) is 13.9 Å². The van der Waals surface area contributed by atoms with Crippen LogP contribution in [0.15, 0.2) is 37.0 Å². The number of aromatic nitrogens is 4. The van der Waals surface area contributed by atoms with Crippen LogP contribution in [0.5, 0.6) is 0 Å². The number of carbonyl (C=O) groups excluding carboxylic acids is 2. The predicted molar refractivity (Wildman–Crippen MR) is 130 cm³/mol. The van der Waals surface area contributed by atoms with E-state index in [0.717, 1.165) is 40.8 Å². The Morgan fingerprint density at radius 3 is 2.62 bits per heavy atom. The molecule has 1 aromatic carbocycles. The quantitative estimate of drug-likeness (QED) is 0.213. The molecule has 3 aromatic rings. The lowest BCUT2D eigenvalue weighted by atomic mass is 10.1. The number of benzene rings is 1. The van der Waals surface area contributed by atoms with Gasteiger partial charge in [-0.05, 0) is 24.8 Å². The number of anilines is 1. The molecule has 0 unspecified atom stereocenters. The molecule has 2 aliphatic rings. The zero-order valence-corrected chi connectivity index (χ0v) is 20.2. The van der Waals surface area contributed by atoms with Crippen LogP contribution in [0.3, 0.4) is 0 Å². The van der Waals surface area contributed by atoms with Gasteiger partial charge in [0, 0.05) is 25.1 Å². The number of nitrogens with two attached hydrogens (primary N) is 2. The molecular formula is C25H21F4N7O3. The van der Waals surface area contributed by atoms with Crippen LogP contribution < -0.4 is 11.5 Å². The molecule has 4 N–H and O–H groups in total. The van der Waals surface area contributed by atoms with E-state index in [4.69, 9.17) is 11.5 Å². The van der Waals surface area contributed by atoms with Gasteiger partial charge in [0.25, 0.3) is 5.91 Å². The first-order chi connectivity index (χ1) is 18.6. The highest BCUT2D eigenvalue weighted by molar-refractivity contribution is 5.99. The molecule has 0 bridgehead atoms. The summed E-state index contributed by atoms with van der Waals surface area (Å²) in [5.41, 5.74) is 10.8. The Bertz CT molecular complexity index is 1610. The Morgan fingerprint density at radius 2 is 1.97 bits per heavy atom. The maximum atomic E-state index is 15.2. The van der Waals surface area contributed by atoms with Gasteiger partial charge >= 0.3 is 6.61 Å². The van der Waals surface area contributed by atoms with Crippen LogP contribution in [0.25, 0.3) is 11.0 Å². The van der Waals surface area contributed by atoms with E-state index >= 15 is 4.39 Å². The fraction of sp³-hybridized carbons (Fsp3) is 0.280. The lowest BCUT2D eigenvalue weighted by molar-refractivity contribution is -0.124. The zero-order valence-electron chi connectivity index (χ0n) is 20.2. The van der Waals surface area contributed by atoms with E-state index < -0.39 is 41.7 Å². The summed E-state index contributed by atoms with van der Waals surface area (Å²) < 4.78 is 62.3. The summed E-state index contributed by atoms with van der Waals surface area (Å²) in [6, 6.07) is 0.571. The summed E-state index contributed by atoms with van der Waals surface area (Å²) in [5, 5.41) is 4.21. The van der Waals surface area contributed by atoms with Crippen molar-refractivity contribution in [2.24, 2.45) is 5.73 Å². The summed E-state index contributed by atoms with van der Waals surface area (Å²) in [6.07, 6.45) is 4.94. The smallest absolute Gasteiger partial charge is 0.387 e. The number of halogens is 4. The number of nitrogens with zero attached hydrogens (tertiary/aromatic N) is 5. The number of ether oxygens (including phenoxy) is 1. The predicted octanol–water partition coefficient (Wildman–Crippen LogP) is 2.97. The summed E-state index contributed by atoms with van der Waals surface area (Å²) in [4.78, 5) is 29.6.